The molecule has 0 radical (unpaired) electrons. The Morgan fingerprint density at radius 3 is 2.61 bits per heavy atom. The normalized spacial score (nSPS) is 31.8. The number of esters is 2. The van der Waals surface area contributed by atoms with E-state index in [1.54, 1.807) is 12.1 Å². The number of phenolic OH excluding ortho intramolecular Hbond substituents is 2. The van der Waals surface area contributed by atoms with Gasteiger partial charge >= 0.3 is 18.0 Å². The summed E-state index contributed by atoms with van der Waals surface area (Å²) in [5.41, 5.74) is 2.91. The van der Waals surface area contributed by atoms with Crippen LogP contribution in [0.25, 0.3) is 0 Å². The molecule has 10 aliphatic rings. The van der Waals surface area contributed by atoms with Crippen molar-refractivity contribution in [2.75, 3.05) is 59.3 Å². The first kappa shape index (κ1) is 44.3. The van der Waals surface area contributed by atoms with Gasteiger partial charge < -0.3 is 49.3 Å². The number of benzene rings is 3. The number of nitrogens with zero attached hydrogens (tertiary/aromatic N) is 3. The second-order valence-corrected chi connectivity index (χ2v) is 21.4. The number of aromatic hydroxyl groups is 2. The highest BCUT2D eigenvalue weighted by Crippen LogP contribution is 2.65. The Balaban J connectivity index is 1.06. The largest absolute Gasteiger partial charge is 0.504 e. The number of nitriles is 1. The Morgan fingerprint density at radius 1 is 1.00 bits per heavy atom. The Labute approximate surface area is 396 Å². The van der Waals surface area contributed by atoms with Gasteiger partial charge in [0.2, 0.25) is 6.79 Å². The smallest absolute Gasteiger partial charge is 0.331 e. The van der Waals surface area contributed by atoms with E-state index in [1.165, 1.54) is 26.0 Å². The van der Waals surface area contributed by atoms with Crippen LogP contribution in [0.15, 0.2) is 18.2 Å². The molecule has 0 aromatic heterocycles. The number of carbonyl (C=O) groups excluding carboxylic acids is 3. The van der Waals surface area contributed by atoms with Crippen LogP contribution in [0.5, 0.6) is 40.2 Å². The molecule has 10 atom stereocenters. The summed E-state index contributed by atoms with van der Waals surface area (Å²) in [4.78, 5) is 45.7. The lowest BCUT2D eigenvalue weighted by Crippen LogP contribution is -2.69. The van der Waals surface area contributed by atoms with E-state index in [-0.39, 0.29) is 72.6 Å². The minimum atomic E-state index is -1.40. The molecule has 13 rings (SSSR count). The van der Waals surface area contributed by atoms with Crippen LogP contribution in [0.1, 0.15) is 87.5 Å². The van der Waals surface area contributed by atoms with Crippen molar-refractivity contribution in [1.82, 2.24) is 25.8 Å². The van der Waals surface area contributed by atoms with Gasteiger partial charge in [-0.3, -0.25) is 19.9 Å². The quantitative estimate of drug-likeness (QED) is 0.0897. The number of hydrogen-bond acceptors (Lipinski definition) is 17. The molecule has 5 unspecified atom stereocenters. The predicted molar refractivity (Wildman–Crippen MR) is 246 cm³/mol. The highest BCUT2D eigenvalue weighted by atomic mass is 32.2. The third-order valence-electron chi connectivity index (χ3n) is 15.4. The van der Waals surface area contributed by atoms with Gasteiger partial charge in [-0.15, -0.1) is 11.8 Å². The zero-order valence-corrected chi connectivity index (χ0v) is 39.6. The number of aryl methyl sites for hydroxylation is 1. The van der Waals surface area contributed by atoms with Crippen LogP contribution in [0, 0.1) is 25.2 Å². The third kappa shape index (κ3) is 6.63. The summed E-state index contributed by atoms with van der Waals surface area (Å²) in [5.74, 6) is 1.80. The summed E-state index contributed by atoms with van der Waals surface area (Å²) in [6.07, 6.45) is 3.13. The molecule has 3 aromatic rings. The van der Waals surface area contributed by atoms with Gasteiger partial charge in [-0.2, -0.15) is 17.0 Å². The minimum absolute atomic E-state index is 0.00687. The molecular formula is C48H54N6O11S2. The second kappa shape index (κ2) is 16.5. The number of urea groups is 1. The van der Waals surface area contributed by atoms with Gasteiger partial charge in [0.05, 0.1) is 49.7 Å². The monoisotopic (exact) mass is 954 g/mol. The predicted octanol–water partition coefficient (Wildman–Crippen LogP) is 4.69. The molecule has 67 heavy (non-hydrogen) atoms. The molecule has 17 nitrogen and oxygen atoms in total. The molecule has 4 fully saturated rings. The molecule has 4 bridgehead atoms. The van der Waals surface area contributed by atoms with Crippen LogP contribution in [0.4, 0.5) is 4.79 Å². The van der Waals surface area contributed by atoms with Gasteiger partial charge in [0.25, 0.3) is 0 Å². The van der Waals surface area contributed by atoms with Gasteiger partial charge in [0.15, 0.2) is 40.0 Å². The third-order valence-corrected chi connectivity index (χ3v) is 18.4. The van der Waals surface area contributed by atoms with E-state index in [2.05, 4.69) is 31.8 Å². The summed E-state index contributed by atoms with van der Waals surface area (Å²) in [6.45, 7) is 4.17. The van der Waals surface area contributed by atoms with Crippen molar-refractivity contribution >= 4 is 41.5 Å². The Kier molecular flexibility index (Phi) is 10.9. The number of rotatable bonds is 8. The standard InChI is InChI=1S/C48H54N6O11S2/c1-22-12-25-15-47(18-49)19-53(3)37(33(25)39(57)40(22)61-5)38-44-35-34(28(54(38)47)16-62-45(58)48(20-67-44)26-14-30(60-4)29(55)13-24(26)10-11-50-48)43-42(63-21-64-43)23(2)41(35)65-32(56)9-7-6-8-31-36-27(17-66-31)51-46(59)52-36/h12-14,27-28,31,36-38,44,50,55,57H,6-11,15-17,19-21H2,1-5H3,(H2,51,52,59)/t27?,28-,31?,36?,37+,38?,44+,47-,48+/m0/s1. The molecule has 0 aliphatic carbocycles. The fourth-order valence-electron chi connectivity index (χ4n) is 12.6. The van der Waals surface area contributed by atoms with Crippen molar-refractivity contribution in [2.24, 2.45) is 0 Å². The molecular weight excluding hydrogens is 901 g/mol. The number of piperazine rings is 1. The van der Waals surface area contributed by atoms with Crippen LogP contribution in [0.2, 0.25) is 0 Å². The summed E-state index contributed by atoms with van der Waals surface area (Å²) < 4.78 is 37.2. The number of ether oxygens (including phenoxy) is 6. The number of carbonyl (C=O) groups is 3. The number of methoxy groups -OCH3 is 2. The zero-order chi connectivity index (χ0) is 46.7. The molecule has 10 aliphatic heterocycles. The molecule has 5 N–H and O–H groups in total. The maximum atomic E-state index is 15.1. The summed E-state index contributed by atoms with van der Waals surface area (Å²) in [7, 11) is 4.97. The topological polar surface area (TPSA) is 213 Å². The highest BCUT2D eigenvalue weighted by Gasteiger charge is 2.64. The van der Waals surface area contributed by atoms with E-state index in [4.69, 9.17) is 28.4 Å². The van der Waals surface area contributed by atoms with E-state index >= 15 is 4.79 Å². The fraction of sp³-hybridized carbons (Fsp3) is 0.542. The average Bonchev–Trinajstić information content (AvgIpc) is 4.01. The van der Waals surface area contributed by atoms with Crippen molar-refractivity contribution in [3.63, 3.8) is 0 Å². The van der Waals surface area contributed by atoms with E-state index < -0.39 is 46.4 Å². The summed E-state index contributed by atoms with van der Waals surface area (Å²) in [6, 6.07) is 6.26. The Morgan fingerprint density at radius 2 is 1.82 bits per heavy atom. The SMILES string of the molecule is COc1cc2c(cc1O)CCN[C@]21CS[C@@H]2c3c(OC(=O)CCCCC4SCC5NC(=O)NC54)c(C)c4c(c3[C@H](COC1=O)N1C2[C@H]2c3c(cc(C)c(OC)c3O)C[C@]1(C#N)CN2C)OCO4. The second-order valence-electron chi connectivity index (χ2n) is 19.0. The number of likely N-dealkylation sites (N-methyl/N-ethyl adjacent to an activating group) is 1. The van der Waals surface area contributed by atoms with E-state index in [9.17, 15) is 25.1 Å². The molecule has 3 aromatic carbocycles. The van der Waals surface area contributed by atoms with Gasteiger partial charge in [-0.05, 0) is 74.5 Å². The van der Waals surface area contributed by atoms with E-state index in [0.29, 0.717) is 76.7 Å². The van der Waals surface area contributed by atoms with E-state index in [1.807, 2.05) is 38.7 Å². The molecule has 1 spiro atoms. The van der Waals surface area contributed by atoms with Crippen LogP contribution < -0.4 is 39.6 Å². The lowest BCUT2D eigenvalue weighted by atomic mass is 9.76. The lowest BCUT2D eigenvalue weighted by molar-refractivity contribution is -0.158. The van der Waals surface area contributed by atoms with Gasteiger partial charge in [-0.1, -0.05) is 12.5 Å². The Bertz CT molecular complexity index is 2660. The molecule has 0 saturated carbocycles. The van der Waals surface area contributed by atoms with Crippen molar-refractivity contribution < 1.29 is 53.0 Å². The maximum absolute atomic E-state index is 15.1. The summed E-state index contributed by atoms with van der Waals surface area (Å²) in [5, 5.41) is 44.1. The highest BCUT2D eigenvalue weighted by molar-refractivity contribution is 8.00. The van der Waals surface area contributed by atoms with Crippen molar-refractivity contribution in [3.8, 4) is 46.3 Å². The number of hydrogen-bond donors (Lipinski definition) is 5. The van der Waals surface area contributed by atoms with Crippen molar-refractivity contribution in [1.29, 1.82) is 5.26 Å². The van der Waals surface area contributed by atoms with Gasteiger partial charge in [0, 0.05) is 71.0 Å². The first-order valence-electron chi connectivity index (χ1n) is 22.9. The van der Waals surface area contributed by atoms with Crippen molar-refractivity contribution in [2.45, 2.75) is 104 Å². The molecule has 10 heterocycles. The van der Waals surface area contributed by atoms with Gasteiger partial charge in [-0.25, -0.2) is 9.59 Å². The number of amides is 2. The average molecular weight is 955 g/mol. The number of unbranched alkanes of at least 4 members (excludes halogenated alkanes) is 1. The first-order chi connectivity index (χ1) is 32.3. The van der Waals surface area contributed by atoms with Crippen LogP contribution in [0.3, 0.4) is 0 Å². The minimum Gasteiger partial charge on any atom is -0.504 e. The Hall–Kier alpha value is -5.26. The maximum Gasteiger partial charge on any atom is 0.331 e. The van der Waals surface area contributed by atoms with Crippen LogP contribution in [-0.4, -0.2) is 126 Å². The first-order valence-corrected chi connectivity index (χ1v) is 25.0. The number of fused-ring (bicyclic) bond motifs is 7. The molecule has 354 valence electrons. The van der Waals surface area contributed by atoms with Crippen LogP contribution in [-0.2, 0) is 32.7 Å². The van der Waals surface area contributed by atoms with Crippen LogP contribution >= 0.6 is 23.5 Å². The lowest BCUT2D eigenvalue weighted by Gasteiger charge is -2.60. The number of thioether (sulfide) groups is 2. The summed E-state index contributed by atoms with van der Waals surface area (Å²) >= 11 is 3.33. The van der Waals surface area contributed by atoms with E-state index in [0.717, 1.165) is 35.3 Å². The molecule has 4 saturated heterocycles. The number of nitrogens with one attached hydrogen (secondary N) is 3. The zero-order valence-electron chi connectivity index (χ0n) is 38.0. The van der Waals surface area contributed by atoms with Gasteiger partial charge in [0.1, 0.15) is 17.9 Å². The molecule has 2 amide bonds. The molecule has 19 heteroatoms. The fourth-order valence-corrected chi connectivity index (χ4v) is 15.8. The van der Waals surface area contributed by atoms with Crippen molar-refractivity contribution in [3.05, 3.63) is 62.7 Å². The number of phenols is 2.